The molecule has 4 aliphatic heterocycles. The van der Waals surface area contributed by atoms with Crippen molar-refractivity contribution in [2.24, 2.45) is 17.8 Å². The molecular formula is C22H34O7. The Kier molecular flexibility index (Phi) is 6.41. The molecule has 0 aromatic carbocycles. The second kappa shape index (κ2) is 8.36. The molecule has 0 aliphatic carbocycles. The first-order valence-electron chi connectivity index (χ1n) is 10.8. The van der Waals surface area contributed by atoms with Crippen LogP contribution in [0.1, 0.15) is 66.2 Å². The van der Waals surface area contributed by atoms with Gasteiger partial charge in [-0.05, 0) is 38.5 Å². The average Bonchev–Trinajstić information content (AvgIpc) is 2.96. The monoisotopic (exact) mass is 410 g/mol. The average molecular weight is 411 g/mol. The zero-order valence-corrected chi connectivity index (χ0v) is 17.8. The van der Waals surface area contributed by atoms with Crippen molar-refractivity contribution in [3.8, 4) is 0 Å². The normalized spacial score (nSPS) is 44.0. The van der Waals surface area contributed by atoms with E-state index in [-0.39, 0.29) is 29.5 Å². The first-order chi connectivity index (χ1) is 13.6. The lowest BCUT2D eigenvalue weighted by Crippen LogP contribution is -2.47. The van der Waals surface area contributed by atoms with Crippen LogP contribution in [0.15, 0.2) is 11.3 Å². The molecule has 4 rings (SSSR count). The number of ether oxygens (including phenoxy) is 2. The van der Waals surface area contributed by atoms with Gasteiger partial charge in [0.2, 0.25) is 0 Å². The van der Waals surface area contributed by atoms with Crippen molar-refractivity contribution in [3.05, 3.63) is 11.3 Å². The molecule has 2 saturated heterocycles. The maximum absolute atomic E-state index is 12.8. The van der Waals surface area contributed by atoms with Gasteiger partial charge >= 0.3 is 5.97 Å². The van der Waals surface area contributed by atoms with Gasteiger partial charge in [-0.3, -0.25) is 4.79 Å². The number of carbonyl (C=O) groups is 2. The number of hydrogen-bond acceptors (Lipinski definition) is 7. The van der Waals surface area contributed by atoms with Crippen molar-refractivity contribution < 1.29 is 34.4 Å². The Hall–Kier alpha value is -1.44. The molecule has 0 amide bonds. The van der Waals surface area contributed by atoms with Gasteiger partial charge in [0.15, 0.2) is 0 Å². The lowest BCUT2D eigenvalue weighted by atomic mass is 9.82. The quantitative estimate of drug-likeness (QED) is 0.599. The smallest absolute Gasteiger partial charge is 0.337 e. The molecule has 2 fully saturated rings. The van der Waals surface area contributed by atoms with E-state index in [1.54, 1.807) is 6.92 Å². The summed E-state index contributed by atoms with van der Waals surface area (Å²) in [6.45, 7) is 7.41. The Morgan fingerprint density at radius 1 is 1.17 bits per heavy atom. The van der Waals surface area contributed by atoms with E-state index < -0.39 is 47.8 Å². The largest absolute Gasteiger partial charge is 0.511 e. The minimum atomic E-state index is -1.27. The number of aliphatic hydroxyl groups is 3. The van der Waals surface area contributed by atoms with Crippen molar-refractivity contribution in [1.29, 1.82) is 0 Å². The molecule has 0 saturated carbocycles. The maximum Gasteiger partial charge on any atom is 0.337 e. The van der Waals surface area contributed by atoms with Gasteiger partial charge in [0, 0.05) is 12.3 Å². The van der Waals surface area contributed by atoms with E-state index in [2.05, 4.69) is 0 Å². The summed E-state index contributed by atoms with van der Waals surface area (Å²) >= 11 is 0. The highest BCUT2D eigenvalue weighted by molar-refractivity contribution is 5.91. The number of hydrogen-bond donors (Lipinski definition) is 3. The molecule has 7 heteroatoms. The molecule has 7 nitrogen and oxygen atoms in total. The summed E-state index contributed by atoms with van der Waals surface area (Å²) in [7, 11) is 0. The Bertz CT molecular complexity index is 687. The summed E-state index contributed by atoms with van der Waals surface area (Å²) in [5, 5.41) is 32.3. The predicted molar refractivity (Wildman–Crippen MR) is 105 cm³/mol. The summed E-state index contributed by atoms with van der Waals surface area (Å²) in [6, 6.07) is 0. The lowest BCUT2D eigenvalue weighted by Gasteiger charge is -2.35. The highest BCUT2D eigenvalue weighted by Gasteiger charge is 2.49. The highest BCUT2D eigenvalue weighted by Crippen LogP contribution is 2.43. The maximum atomic E-state index is 12.8. The molecule has 4 heterocycles. The van der Waals surface area contributed by atoms with Crippen LogP contribution in [-0.2, 0) is 19.1 Å². The molecular weight excluding hydrogens is 376 g/mol. The molecule has 4 bridgehead atoms. The van der Waals surface area contributed by atoms with E-state index in [1.807, 2.05) is 20.8 Å². The Balaban J connectivity index is 2.00. The number of esters is 1. The topological polar surface area (TPSA) is 113 Å². The van der Waals surface area contributed by atoms with E-state index in [0.29, 0.717) is 25.7 Å². The molecule has 8 atom stereocenters. The van der Waals surface area contributed by atoms with Crippen LogP contribution in [0.4, 0.5) is 0 Å². The van der Waals surface area contributed by atoms with E-state index in [4.69, 9.17) is 9.47 Å². The van der Waals surface area contributed by atoms with Gasteiger partial charge in [0.1, 0.15) is 23.8 Å². The summed E-state index contributed by atoms with van der Waals surface area (Å²) < 4.78 is 11.7. The third-order valence-electron chi connectivity index (χ3n) is 6.96. The Morgan fingerprint density at radius 3 is 2.52 bits per heavy atom. The summed E-state index contributed by atoms with van der Waals surface area (Å²) in [6.07, 6.45) is -1.10. The van der Waals surface area contributed by atoms with E-state index in [0.717, 1.165) is 6.42 Å². The lowest BCUT2D eigenvalue weighted by molar-refractivity contribution is -0.157. The minimum Gasteiger partial charge on any atom is -0.511 e. The van der Waals surface area contributed by atoms with Crippen LogP contribution in [0.2, 0.25) is 0 Å². The van der Waals surface area contributed by atoms with Crippen LogP contribution in [0.3, 0.4) is 0 Å². The van der Waals surface area contributed by atoms with Crippen molar-refractivity contribution in [1.82, 2.24) is 0 Å². The predicted octanol–water partition coefficient (Wildman–Crippen LogP) is 2.43. The van der Waals surface area contributed by atoms with Crippen molar-refractivity contribution in [3.63, 3.8) is 0 Å². The van der Waals surface area contributed by atoms with Crippen LogP contribution in [-0.4, -0.2) is 57.1 Å². The van der Waals surface area contributed by atoms with E-state index in [1.165, 1.54) is 0 Å². The molecule has 3 N–H and O–H groups in total. The highest BCUT2D eigenvalue weighted by atomic mass is 16.5. The van der Waals surface area contributed by atoms with Gasteiger partial charge in [-0.25, -0.2) is 4.79 Å². The van der Waals surface area contributed by atoms with Crippen LogP contribution in [0.25, 0.3) is 0 Å². The molecule has 0 aromatic rings. The molecule has 0 radical (unpaired) electrons. The summed E-state index contributed by atoms with van der Waals surface area (Å²) in [4.78, 5) is 25.4. The fourth-order valence-electron chi connectivity index (χ4n) is 5.15. The van der Waals surface area contributed by atoms with Crippen LogP contribution < -0.4 is 0 Å². The van der Waals surface area contributed by atoms with Gasteiger partial charge in [-0.2, -0.15) is 0 Å². The zero-order valence-electron chi connectivity index (χ0n) is 17.8. The van der Waals surface area contributed by atoms with Crippen molar-refractivity contribution in [2.75, 3.05) is 0 Å². The molecule has 4 aliphatic rings. The summed E-state index contributed by atoms with van der Waals surface area (Å²) in [5.41, 5.74) is -0.342. The number of ketones is 1. The zero-order chi connectivity index (χ0) is 21.5. The minimum absolute atomic E-state index is 0.0178. The molecule has 0 aromatic heterocycles. The third kappa shape index (κ3) is 4.23. The molecule has 164 valence electrons. The number of rotatable bonds is 2. The van der Waals surface area contributed by atoms with Crippen molar-refractivity contribution in [2.45, 2.75) is 96.2 Å². The van der Waals surface area contributed by atoms with Crippen LogP contribution >= 0.6 is 0 Å². The molecule has 29 heavy (non-hydrogen) atoms. The molecule has 0 spiro atoms. The van der Waals surface area contributed by atoms with Crippen LogP contribution in [0, 0.1) is 17.8 Å². The van der Waals surface area contributed by atoms with Gasteiger partial charge in [-0.15, -0.1) is 0 Å². The fourth-order valence-corrected chi connectivity index (χ4v) is 5.15. The Labute approximate surface area is 172 Å². The van der Waals surface area contributed by atoms with Crippen LogP contribution in [0.5, 0.6) is 0 Å². The SMILES string of the molecule is CCC[C@@H]1C(O)=C2CC[C@]3(C)C[C@@H](C)[C@H](O3)[C@@H](O)[C@H](O)[C@H](C)C(=O)C[C@@H]1OC2=O. The third-order valence-corrected chi connectivity index (χ3v) is 6.96. The van der Waals surface area contributed by atoms with E-state index >= 15 is 0 Å². The first-order valence-corrected chi connectivity index (χ1v) is 10.8. The Morgan fingerprint density at radius 2 is 1.86 bits per heavy atom. The van der Waals surface area contributed by atoms with Gasteiger partial charge in [0.05, 0.1) is 29.3 Å². The molecule has 0 unspecified atom stereocenters. The second-order valence-electron chi connectivity index (χ2n) is 9.36. The number of Topliss-reactive ketones (excluding diaryl/α,β-unsaturated/α-hetero) is 1. The number of carbonyl (C=O) groups excluding carboxylic acids is 2. The fraction of sp³-hybridized carbons (Fsp3) is 0.818. The van der Waals surface area contributed by atoms with Gasteiger partial charge in [0.25, 0.3) is 0 Å². The van der Waals surface area contributed by atoms with E-state index in [9.17, 15) is 24.9 Å². The summed E-state index contributed by atoms with van der Waals surface area (Å²) in [5.74, 6) is -2.16. The van der Waals surface area contributed by atoms with Gasteiger partial charge < -0.3 is 24.8 Å². The van der Waals surface area contributed by atoms with Gasteiger partial charge in [-0.1, -0.05) is 27.2 Å². The number of aliphatic hydroxyl groups excluding tert-OH is 3. The first kappa shape index (κ1) is 22.2. The second-order valence-corrected chi connectivity index (χ2v) is 9.36. The standard InChI is InChI=1S/C22H34O7/c1-5-6-13-16-9-15(23)12(3)17(24)19(26)20-11(2)10-22(4,29-20)8-7-14(18(13)25)21(27)28-16/h11-13,16-17,19-20,24-26H,5-10H2,1-4H3/t11-,12-,13+,16+,17-,19+,20+,22-/m1/s1. The number of fused-ring (bicyclic) bond motifs is 7. The van der Waals surface area contributed by atoms with Crippen molar-refractivity contribution >= 4 is 11.8 Å².